The fraction of sp³-hybridized carbons (Fsp3) is 0.0833. The molecule has 0 unspecified atom stereocenters. The van der Waals surface area contributed by atoms with Crippen LogP contribution in [0.25, 0.3) is 66.5 Å². The maximum absolute atomic E-state index is 4.59. The monoisotopic (exact) mass is 471 g/mol. The zero-order valence-electron chi connectivity index (χ0n) is 20.9. The van der Waals surface area contributed by atoms with Gasteiger partial charge in [-0.2, -0.15) is 0 Å². The summed E-state index contributed by atoms with van der Waals surface area (Å²) in [6.07, 6.45) is 1.87. The first-order chi connectivity index (χ1) is 18.1. The van der Waals surface area contributed by atoms with Crippen molar-refractivity contribution in [2.45, 2.75) is 19.3 Å². The Balaban J connectivity index is 1.29. The van der Waals surface area contributed by atoms with E-state index in [-0.39, 0.29) is 5.41 Å². The molecule has 0 radical (unpaired) electrons. The van der Waals surface area contributed by atoms with Crippen molar-refractivity contribution in [3.63, 3.8) is 0 Å². The van der Waals surface area contributed by atoms with Gasteiger partial charge in [0.15, 0.2) is 0 Å². The van der Waals surface area contributed by atoms with Crippen LogP contribution in [-0.4, -0.2) is 4.98 Å². The third-order valence-corrected chi connectivity index (χ3v) is 8.50. The molecule has 1 nitrogen and oxygen atoms in total. The van der Waals surface area contributed by atoms with Crippen LogP contribution >= 0.6 is 0 Å². The molecule has 1 heterocycles. The van der Waals surface area contributed by atoms with E-state index in [1.807, 2.05) is 12.3 Å². The van der Waals surface area contributed by atoms with Crippen LogP contribution < -0.4 is 0 Å². The van der Waals surface area contributed by atoms with E-state index in [9.17, 15) is 0 Å². The first-order valence-corrected chi connectivity index (χ1v) is 13.0. The molecule has 0 fully saturated rings. The lowest BCUT2D eigenvalue weighted by Gasteiger charge is -2.23. The Labute approximate surface area is 217 Å². The SMILES string of the molecule is CC1(C)c2cc(-c3ccccn3)ccc2-c2ccc(-c3ccc4c5c(cccc35)-c3ccccc3-4)cc21. The molecule has 5 aromatic carbocycles. The van der Waals surface area contributed by atoms with Gasteiger partial charge in [0.1, 0.15) is 0 Å². The molecule has 0 bridgehead atoms. The minimum atomic E-state index is -0.0867. The van der Waals surface area contributed by atoms with Gasteiger partial charge in [0.2, 0.25) is 0 Å². The molecule has 0 amide bonds. The number of benzene rings is 5. The number of rotatable bonds is 2. The molecule has 0 saturated carbocycles. The van der Waals surface area contributed by atoms with E-state index in [0.717, 1.165) is 5.69 Å². The van der Waals surface area contributed by atoms with E-state index in [4.69, 9.17) is 0 Å². The Kier molecular flexibility index (Phi) is 4.06. The minimum Gasteiger partial charge on any atom is -0.256 e. The van der Waals surface area contributed by atoms with Crippen LogP contribution in [0.4, 0.5) is 0 Å². The molecule has 2 aliphatic carbocycles. The number of nitrogens with zero attached hydrogens (tertiary/aromatic N) is 1. The Morgan fingerprint density at radius 3 is 1.81 bits per heavy atom. The summed E-state index contributed by atoms with van der Waals surface area (Å²) in [6.45, 7) is 4.71. The smallest absolute Gasteiger partial charge is 0.0702 e. The Morgan fingerprint density at radius 2 is 1.08 bits per heavy atom. The first kappa shape index (κ1) is 20.7. The summed E-state index contributed by atoms with van der Waals surface area (Å²) in [4.78, 5) is 4.59. The second kappa shape index (κ2) is 7.27. The summed E-state index contributed by atoms with van der Waals surface area (Å²) in [5, 5.41) is 2.71. The molecule has 1 aromatic heterocycles. The van der Waals surface area contributed by atoms with Crippen molar-refractivity contribution >= 4 is 10.8 Å². The lowest BCUT2D eigenvalue weighted by molar-refractivity contribution is 0.661. The molecular formula is C36H25N. The molecule has 0 N–H and O–H groups in total. The summed E-state index contributed by atoms with van der Waals surface area (Å²) < 4.78 is 0. The number of hydrogen-bond donors (Lipinski definition) is 0. The molecule has 2 aliphatic rings. The molecule has 1 heteroatoms. The van der Waals surface area contributed by atoms with Gasteiger partial charge in [0.05, 0.1) is 5.69 Å². The van der Waals surface area contributed by atoms with Crippen molar-refractivity contribution in [3.05, 3.63) is 127 Å². The predicted octanol–water partition coefficient (Wildman–Crippen LogP) is 9.52. The Morgan fingerprint density at radius 1 is 0.486 bits per heavy atom. The Hall–Kier alpha value is -4.49. The maximum Gasteiger partial charge on any atom is 0.0702 e. The summed E-state index contributed by atoms with van der Waals surface area (Å²) in [5.74, 6) is 0. The van der Waals surface area contributed by atoms with Crippen molar-refractivity contribution in [1.82, 2.24) is 4.98 Å². The highest BCUT2D eigenvalue weighted by Crippen LogP contribution is 2.52. The topological polar surface area (TPSA) is 12.9 Å². The van der Waals surface area contributed by atoms with Gasteiger partial charge >= 0.3 is 0 Å². The lowest BCUT2D eigenvalue weighted by atomic mass is 9.80. The highest BCUT2D eigenvalue weighted by Gasteiger charge is 2.36. The minimum absolute atomic E-state index is 0.0867. The second-order valence-electron chi connectivity index (χ2n) is 10.8. The van der Waals surface area contributed by atoms with Crippen LogP contribution in [-0.2, 0) is 5.41 Å². The van der Waals surface area contributed by atoms with Gasteiger partial charge in [-0.3, -0.25) is 4.98 Å². The molecule has 0 spiro atoms. The second-order valence-corrected chi connectivity index (χ2v) is 10.8. The summed E-state index contributed by atoms with van der Waals surface area (Å²) in [5.41, 5.74) is 15.5. The zero-order valence-corrected chi connectivity index (χ0v) is 20.9. The van der Waals surface area contributed by atoms with Crippen molar-refractivity contribution in [2.75, 3.05) is 0 Å². The molecule has 0 aliphatic heterocycles. The van der Waals surface area contributed by atoms with E-state index in [1.54, 1.807) is 0 Å². The van der Waals surface area contributed by atoms with E-state index in [1.165, 1.54) is 72.0 Å². The highest BCUT2D eigenvalue weighted by molar-refractivity contribution is 6.18. The molecular weight excluding hydrogens is 446 g/mol. The number of pyridine rings is 1. The summed E-state index contributed by atoms with van der Waals surface area (Å²) in [6, 6.07) is 40.2. The molecule has 8 rings (SSSR count). The van der Waals surface area contributed by atoms with Crippen LogP contribution in [0.1, 0.15) is 25.0 Å². The standard InChI is InChI=1S/C36H25N/c1-36(2)32-20-22(13-15-27(32)28-16-14-23(21-33(28)36)34-12-5-6-19-37-34)24-17-18-31-26-9-4-3-8-25(26)30-11-7-10-29(24)35(30)31/h3-21H,1-2H3. The fourth-order valence-electron chi connectivity index (χ4n) is 6.66. The van der Waals surface area contributed by atoms with Crippen molar-refractivity contribution in [2.24, 2.45) is 0 Å². The van der Waals surface area contributed by atoms with E-state index < -0.39 is 0 Å². The number of hydrogen-bond acceptors (Lipinski definition) is 1. The number of aromatic nitrogens is 1. The van der Waals surface area contributed by atoms with E-state index in [2.05, 4.69) is 122 Å². The molecule has 0 saturated heterocycles. The van der Waals surface area contributed by atoms with Gasteiger partial charge in [-0.05, 0) is 90.7 Å². The third kappa shape index (κ3) is 2.77. The summed E-state index contributed by atoms with van der Waals surface area (Å²) in [7, 11) is 0. The van der Waals surface area contributed by atoms with Crippen LogP contribution in [0.15, 0.2) is 115 Å². The largest absolute Gasteiger partial charge is 0.256 e. The van der Waals surface area contributed by atoms with Gasteiger partial charge < -0.3 is 0 Å². The number of fused-ring (bicyclic) bond motifs is 6. The van der Waals surface area contributed by atoms with Crippen LogP contribution in [0.3, 0.4) is 0 Å². The predicted molar refractivity (Wildman–Crippen MR) is 155 cm³/mol. The fourth-order valence-corrected chi connectivity index (χ4v) is 6.66. The van der Waals surface area contributed by atoms with Crippen LogP contribution in [0.5, 0.6) is 0 Å². The average molecular weight is 472 g/mol. The van der Waals surface area contributed by atoms with Crippen molar-refractivity contribution in [1.29, 1.82) is 0 Å². The van der Waals surface area contributed by atoms with Crippen LogP contribution in [0, 0.1) is 0 Å². The third-order valence-electron chi connectivity index (χ3n) is 8.50. The molecule has 174 valence electrons. The van der Waals surface area contributed by atoms with Crippen molar-refractivity contribution in [3.8, 4) is 55.8 Å². The van der Waals surface area contributed by atoms with Gasteiger partial charge in [0, 0.05) is 17.2 Å². The first-order valence-electron chi connectivity index (χ1n) is 13.0. The van der Waals surface area contributed by atoms with Gasteiger partial charge in [0.25, 0.3) is 0 Å². The quantitative estimate of drug-likeness (QED) is 0.245. The Bertz CT molecular complexity index is 1860. The highest BCUT2D eigenvalue weighted by atomic mass is 14.7. The van der Waals surface area contributed by atoms with E-state index >= 15 is 0 Å². The van der Waals surface area contributed by atoms with Gasteiger partial charge in [-0.1, -0.05) is 98.8 Å². The molecule has 37 heavy (non-hydrogen) atoms. The van der Waals surface area contributed by atoms with Gasteiger partial charge in [-0.15, -0.1) is 0 Å². The van der Waals surface area contributed by atoms with E-state index in [0.29, 0.717) is 0 Å². The lowest BCUT2D eigenvalue weighted by Crippen LogP contribution is -2.15. The van der Waals surface area contributed by atoms with Gasteiger partial charge in [-0.25, -0.2) is 0 Å². The normalized spacial score (nSPS) is 13.9. The average Bonchev–Trinajstić information content (AvgIpc) is 3.39. The van der Waals surface area contributed by atoms with Crippen LogP contribution in [0.2, 0.25) is 0 Å². The molecule has 0 atom stereocenters. The maximum atomic E-state index is 4.59. The van der Waals surface area contributed by atoms with Crippen molar-refractivity contribution < 1.29 is 0 Å². The zero-order chi connectivity index (χ0) is 24.7. The summed E-state index contributed by atoms with van der Waals surface area (Å²) >= 11 is 0. The molecule has 6 aromatic rings.